The van der Waals surface area contributed by atoms with Crippen LogP contribution >= 0.6 is 0 Å². The Morgan fingerprint density at radius 2 is 1.79 bits per heavy atom. The van der Waals surface area contributed by atoms with Crippen molar-refractivity contribution in [1.29, 1.82) is 0 Å². The second-order valence-electron chi connectivity index (χ2n) is 5.57. The van der Waals surface area contributed by atoms with Crippen LogP contribution in [0.3, 0.4) is 0 Å². The Morgan fingerprint density at radius 3 is 2.33 bits per heavy atom. The molecule has 4 nitrogen and oxygen atoms in total. The van der Waals surface area contributed by atoms with Gasteiger partial charge in [0.2, 0.25) is 0 Å². The van der Waals surface area contributed by atoms with Crippen molar-refractivity contribution in [1.82, 2.24) is 5.32 Å². The summed E-state index contributed by atoms with van der Waals surface area (Å²) in [5, 5.41) is 11.5. The number of nitrogens with two attached hydrogens (primary N) is 1. The molecule has 0 bridgehead atoms. The van der Waals surface area contributed by atoms with E-state index in [0.29, 0.717) is 17.9 Å². The van der Waals surface area contributed by atoms with Gasteiger partial charge in [-0.25, -0.2) is 9.18 Å². The van der Waals surface area contributed by atoms with Gasteiger partial charge in [-0.1, -0.05) is 30.3 Å². The average molecular weight is 330 g/mol. The zero-order valence-electron chi connectivity index (χ0n) is 14.2. The molecule has 0 aliphatic rings. The van der Waals surface area contributed by atoms with Crippen molar-refractivity contribution in [2.45, 2.75) is 27.3 Å². The first-order valence-electron chi connectivity index (χ1n) is 7.44. The first-order valence-corrected chi connectivity index (χ1v) is 7.44. The van der Waals surface area contributed by atoms with Crippen LogP contribution in [0.1, 0.15) is 32.6 Å². The maximum atomic E-state index is 12.8. The molecule has 0 aliphatic heterocycles. The molecule has 0 amide bonds. The quantitative estimate of drug-likeness (QED) is 0.800. The number of hydrogen-bond donors (Lipinski definition) is 3. The molecule has 0 spiro atoms. The van der Waals surface area contributed by atoms with E-state index < -0.39 is 5.97 Å². The van der Waals surface area contributed by atoms with Gasteiger partial charge in [-0.2, -0.15) is 0 Å². The lowest BCUT2D eigenvalue weighted by Crippen LogP contribution is -2.18. The molecule has 2 rings (SSSR count). The molecule has 0 unspecified atom stereocenters. The Hall–Kier alpha value is -2.82. The van der Waals surface area contributed by atoms with E-state index in [-0.39, 0.29) is 5.82 Å². The van der Waals surface area contributed by atoms with Crippen LogP contribution in [0.2, 0.25) is 0 Å². The number of benzene rings is 2. The number of aryl methyl sites for hydroxylation is 3. The lowest BCUT2D eigenvalue weighted by molar-refractivity contribution is 0.0696. The van der Waals surface area contributed by atoms with Crippen LogP contribution in [0.5, 0.6) is 0 Å². The highest BCUT2D eigenvalue weighted by Gasteiger charge is 2.05. The van der Waals surface area contributed by atoms with Gasteiger partial charge in [0, 0.05) is 6.54 Å². The number of nitrogens with one attached hydrogen (secondary N) is 1. The SMILES string of the molecule is C=C(N)NCc1cc(F)ccc1C.Cc1ccc(C)c(C(=O)O)c1. The minimum Gasteiger partial charge on any atom is -0.478 e. The minimum atomic E-state index is -0.855. The van der Waals surface area contributed by atoms with Gasteiger partial charge < -0.3 is 16.2 Å². The number of rotatable bonds is 4. The lowest BCUT2D eigenvalue weighted by Gasteiger charge is -2.07. The van der Waals surface area contributed by atoms with E-state index >= 15 is 0 Å². The van der Waals surface area contributed by atoms with E-state index in [2.05, 4.69) is 11.9 Å². The van der Waals surface area contributed by atoms with Crippen LogP contribution in [-0.4, -0.2) is 11.1 Å². The van der Waals surface area contributed by atoms with Crippen molar-refractivity contribution in [2.24, 2.45) is 5.73 Å². The number of carboxylic acids is 1. The molecule has 0 atom stereocenters. The van der Waals surface area contributed by atoms with Crippen LogP contribution in [0.25, 0.3) is 0 Å². The number of aromatic carboxylic acids is 1. The van der Waals surface area contributed by atoms with E-state index in [1.807, 2.05) is 26.0 Å². The van der Waals surface area contributed by atoms with Crippen molar-refractivity contribution in [2.75, 3.05) is 0 Å². The summed E-state index contributed by atoms with van der Waals surface area (Å²) < 4.78 is 12.8. The van der Waals surface area contributed by atoms with Crippen molar-refractivity contribution in [3.63, 3.8) is 0 Å². The molecule has 5 heteroatoms. The van der Waals surface area contributed by atoms with Gasteiger partial charge in [-0.05, 0) is 55.7 Å². The van der Waals surface area contributed by atoms with Gasteiger partial charge in [0.15, 0.2) is 0 Å². The Kier molecular flexibility index (Phi) is 6.98. The predicted molar refractivity (Wildman–Crippen MR) is 94.2 cm³/mol. The van der Waals surface area contributed by atoms with Crippen molar-refractivity contribution < 1.29 is 14.3 Å². The minimum absolute atomic E-state index is 0.231. The smallest absolute Gasteiger partial charge is 0.335 e. The number of carboxylic acid groups (broad SMARTS) is 1. The van der Waals surface area contributed by atoms with E-state index in [0.717, 1.165) is 22.3 Å². The summed E-state index contributed by atoms with van der Waals surface area (Å²) in [5.41, 5.74) is 9.44. The normalized spacial score (nSPS) is 9.67. The van der Waals surface area contributed by atoms with E-state index in [4.69, 9.17) is 10.8 Å². The second-order valence-corrected chi connectivity index (χ2v) is 5.57. The topological polar surface area (TPSA) is 75.3 Å². The third-order valence-corrected chi connectivity index (χ3v) is 3.44. The summed E-state index contributed by atoms with van der Waals surface area (Å²) in [7, 11) is 0. The fourth-order valence-electron chi connectivity index (χ4n) is 2.01. The third kappa shape index (κ3) is 6.12. The Labute approximate surface area is 141 Å². The largest absolute Gasteiger partial charge is 0.478 e. The number of carbonyl (C=O) groups is 1. The van der Waals surface area contributed by atoms with Crippen molar-refractivity contribution in [3.05, 3.63) is 82.4 Å². The first-order chi connectivity index (χ1) is 11.2. The maximum absolute atomic E-state index is 12.8. The van der Waals surface area contributed by atoms with Gasteiger partial charge in [0.05, 0.1) is 11.4 Å². The average Bonchev–Trinajstić information content (AvgIpc) is 2.51. The monoisotopic (exact) mass is 330 g/mol. The molecular formula is C19H23FN2O2. The molecule has 2 aromatic rings. The van der Waals surface area contributed by atoms with E-state index in [1.54, 1.807) is 19.1 Å². The van der Waals surface area contributed by atoms with Crippen LogP contribution in [-0.2, 0) is 6.54 Å². The zero-order valence-corrected chi connectivity index (χ0v) is 14.2. The van der Waals surface area contributed by atoms with Crippen molar-refractivity contribution >= 4 is 5.97 Å². The summed E-state index contributed by atoms with van der Waals surface area (Å²) in [6, 6.07) is 10.1. The van der Waals surface area contributed by atoms with E-state index in [1.165, 1.54) is 12.1 Å². The molecule has 0 radical (unpaired) electrons. The maximum Gasteiger partial charge on any atom is 0.335 e. The number of hydrogen-bond acceptors (Lipinski definition) is 3. The van der Waals surface area contributed by atoms with Gasteiger partial charge in [-0.3, -0.25) is 0 Å². The molecule has 0 fully saturated rings. The van der Waals surface area contributed by atoms with Crippen LogP contribution in [0.4, 0.5) is 4.39 Å². The summed E-state index contributed by atoms with van der Waals surface area (Å²) in [6.45, 7) is 9.61. The number of halogens is 1. The van der Waals surface area contributed by atoms with Crippen molar-refractivity contribution in [3.8, 4) is 0 Å². The summed E-state index contributed by atoms with van der Waals surface area (Å²) >= 11 is 0. The van der Waals surface area contributed by atoms with Gasteiger partial charge in [0.25, 0.3) is 0 Å². The van der Waals surface area contributed by atoms with Crippen LogP contribution < -0.4 is 11.1 Å². The first kappa shape index (κ1) is 19.2. The van der Waals surface area contributed by atoms with Crippen LogP contribution in [0, 0.1) is 26.6 Å². The molecule has 24 heavy (non-hydrogen) atoms. The van der Waals surface area contributed by atoms with Crippen LogP contribution in [0.15, 0.2) is 48.8 Å². The highest BCUT2D eigenvalue weighted by molar-refractivity contribution is 5.89. The predicted octanol–water partition coefficient (Wildman–Crippen LogP) is 3.66. The highest BCUT2D eigenvalue weighted by atomic mass is 19.1. The molecule has 0 aromatic heterocycles. The molecule has 0 saturated heterocycles. The second kappa shape index (κ2) is 8.72. The molecule has 0 heterocycles. The van der Waals surface area contributed by atoms with E-state index in [9.17, 15) is 9.18 Å². The summed E-state index contributed by atoms with van der Waals surface area (Å²) in [6.07, 6.45) is 0. The Bertz CT molecular complexity index is 742. The fourth-order valence-corrected chi connectivity index (χ4v) is 2.01. The van der Waals surface area contributed by atoms with Gasteiger partial charge in [-0.15, -0.1) is 0 Å². The zero-order chi connectivity index (χ0) is 18.3. The lowest BCUT2D eigenvalue weighted by atomic mass is 10.1. The third-order valence-electron chi connectivity index (χ3n) is 3.44. The Balaban J connectivity index is 0.000000243. The molecule has 0 saturated carbocycles. The fraction of sp³-hybridized carbons (Fsp3) is 0.211. The summed E-state index contributed by atoms with van der Waals surface area (Å²) in [4.78, 5) is 10.6. The molecule has 128 valence electrons. The molecule has 0 aliphatic carbocycles. The van der Waals surface area contributed by atoms with Gasteiger partial charge >= 0.3 is 5.97 Å². The summed E-state index contributed by atoms with van der Waals surface area (Å²) in [5.74, 6) is -0.695. The Morgan fingerprint density at radius 1 is 1.17 bits per heavy atom. The standard InChI is InChI=1S/C10H13FN2.C9H10O2/c1-7-3-4-10(11)5-9(7)6-13-8(2)12;1-6-3-4-7(2)8(5-6)9(10)11/h3-5,13H,2,6,12H2,1H3;3-5H,1-2H3,(H,10,11). The molecule has 2 aromatic carbocycles. The van der Waals surface area contributed by atoms with Gasteiger partial charge in [0.1, 0.15) is 5.82 Å². The molecule has 4 N–H and O–H groups in total. The highest BCUT2D eigenvalue weighted by Crippen LogP contribution is 2.10. The molecular weight excluding hydrogens is 307 g/mol.